The molecule has 0 heterocycles. The van der Waals surface area contributed by atoms with E-state index in [9.17, 15) is 39.0 Å². The molecule has 1 aromatic rings. The van der Waals surface area contributed by atoms with E-state index >= 15 is 0 Å². The van der Waals surface area contributed by atoms with Crippen molar-refractivity contribution in [1.82, 2.24) is 15.1 Å². The predicted octanol–water partition coefficient (Wildman–Crippen LogP) is 0.289. The lowest BCUT2D eigenvalue weighted by atomic mass is 9.95. The summed E-state index contributed by atoms with van der Waals surface area (Å²) in [5.74, 6) is -5.96. The van der Waals surface area contributed by atoms with Crippen LogP contribution < -0.4 is 16.8 Å². The molecule has 44 heavy (non-hydrogen) atoms. The molecule has 4 amide bonds. The van der Waals surface area contributed by atoms with Crippen molar-refractivity contribution in [2.75, 3.05) is 26.8 Å². The van der Waals surface area contributed by atoms with Gasteiger partial charge in [-0.2, -0.15) is 0 Å². The number of aliphatic carboxylic acids is 1. The number of imide groups is 1. The summed E-state index contributed by atoms with van der Waals surface area (Å²) >= 11 is 0. The summed E-state index contributed by atoms with van der Waals surface area (Å²) in [4.78, 5) is 76.3. The SMILES string of the molecule is COC(=O)N(C(=O)[C@H](C)N)[C@@H](C)C(=O)NCC(CO)C(N)C(=O)N(CCCCCCc1ccccc1)C(C(=O)O)C(C)C=O. The second kappa shape index (κ2) is 19.4. The number of aliphatic hydroxyl groups excluding tert-OH is 1. The van der Waals surface area contributed by atoms with Crippen molar-refractivity contribution in [3.63, 3.8) is 0 Å². The number of aliphatic hydroxyl groups is 1. The molecule has 246 valence electrons. The van der Waals surface area contributed by atoms with Crippen LogP contribution in [0.5, 0.6) is 0 Å². The van der Waals surface area contributed by atoms with Gasteiger partial charge >= 0.3 is 12.1 Å². The largest absolute Gasteiger partial charge is 0.480 e. The number of carbonyl (C=O) groups is 6. The number of hydrogen-bond acceptors (Lipinski definition) is 10. The number of nitrogens with one attached hydrogen (secondary N) is 1. The summed E-state index contributed by atoms with van der Waals surface area (Å²) in [6.45, 7) is 3.01. The Morgan fingerprint density at radius 2 is 1.59 bits per heavy atom. The standard InChI is InChI=1S/C30H47N5O9/c1-19(17-36)25(29(41)42)34(15-11-6-5-8-12-22-13-9-7-10-14-22)28(40)24(32)23(18-37)16-33-26(38)21(3)35(30(43)44-4)27(39)20(2)31/h7,9-10,13-14,17,19-21,23-25,37H,5-6,8,11-12,15-16,18,31-32H2,1-4H3,(H,33,38)(H,41,42)/t19?,20-,21-,23?,24?,25?/m0/s1. The number of unbranched alkanes of at least 4 members (excludes halogenated alkanes) is 3. The molecule has 0 fully saturated rings. The maximum absolute atomic E-state index is 13.6. The van der Waals surface area contributed by atoms with E-state index in [2.05, 4.69) is 10.1 Å². The van der Waals surface area contributed by atoms with Crippen molar-refractivity contribution < 1.29 is 43.7 Å². The van der Waals surface area contributed by atoms with E-state index in [1.54, 1.807) is 0 Å². The molecule has 0 saturated heterocycles. The quantitative estimate of drug-likeness (QED) is 0.104. The second-order valence-electron chi connectivity index (χ2n) is 10.8. The van der Waals surface area contributed by atoms with Crippen LogP contribution >= 0.6 is 0 Å². The molecule has 1 aromatic carbocycles. The molecule has 0 spiro atoms. The molecular formula is C30H47N5O9. The van der Waals surface area contributed by atoms with E-state index in [0.717, 1.165) is 31.3 Å². The van der Waals surface area contributed by atoms with Gasteiger partial charge in [0.2, 0.25) is 17.7 Å². The van der Waals surface area contributed by atoms with Crippen LogP contribution in [0.25, 0.3) is 0 Å². The van der Waals surface area contributed by atoms with Crippen LogP contribution in [0.15, 0.2) is 30.3 Å². The molecule has 4 unspecified atom stereocenters. The summed E-state index contributed by atoms with van der Waals surface area (Å²) in [5.41, 5.74) is 13.0. The van der Waals surface area contributed by atoms with E-state index in [4.69, 9.17) is 11.5 Å². The van der Waals surface area contributed by atoms with Crippen molar-refractivity contribution >= 4 is 36.1 Å². The van der Waals surface area contributed by atoms with Crippen LogP contribution in [-0.4, -0.2) is 107 Å². The Balaban J connectivity index is 2.97. The van der Waals surface area contributed by atoms with Gasteiger partial charge in [0.25, 0.3) is 0 Å². The zero-order valence-corrected chi connectivity index (χ0v) is 25.9. The number of aryl methyl sites for hydroxylation is 1. The van der Waals surface area contributed by atoms with Gasteiger partial charge in [0.1, 0.15) is 18.4 Å². The van der Waals surface area contributed by atoms with Crippen LogP contribution in [0.2, 0.25) is 0 Å². The zero-order valence-electron chi connectivity index (χ0n) is 25.9. The van der Waals surface area contributed by atoms with Crippen LogP contribution in [0, 0.1) is 11.8 Å². The summed E-state index contributed by atoms with van der Waals surface area (Å²) in [7, 11) is 1.03. The molecule has 0 bridgehead atoms. The molecule has 7 N–H and O–H groups in total. The molecule has 0 aromatic heterocycles. The summed E-state index contributed by atoms with van der Waals surface area (Å²) < 4.78 is 4.59. The number of benzene rings is 1. The van der Waals surface area contributed by atoms with Crippen LogP contribution in [-0.2, 0) is 35.1 Å². The van der Waals surface area contributed by atoms with Crippen molar-refractivity contribution in [2.45, 2.75) is 77.0 Å². The molecule has 6 atom stereocenters. The predicted molar refractivity (Wildman–Crippen MR) is 161 cm³/mol. The topological polar surface area (TPSA) is 223 Å². The number of amides is 4. The second-order valence-corrected chi connectivity index (χ2v) is 10.8. The first-order chi connectivity index (χ1) is 20.8. The van der Waals surface area contributed by atoms with Gasteiger partial charge in [-0.25, -0.2) is 14.5 Å². The zero-order chi connectivity index (χ0) is 33.4. The Hall–Kier alpha value is -3.88. The molecular weight excluding hydrogens is 574 g/mol. The average molecular weight is 622 g/mol. The Kier molecular flexibility index (Phi) is 16.8. The smallest absolute Gasteiger partial charge is 0.417 e. The van der Waals surface area contributed by atoms with Crippen molar-refractivity contribution in [3.05, 3.63) is 35.9 Å². The highest BCUT2D eigenvalue weighted by molar-refractivity contribution is 5.99. The number of methoxy groups -OCH3 is 1. The van der Waals surface area contributed by atoms with Gasteiger partial charge < -0.3 is 41.4 Å². The highest BCUT2D eigenvalue weighted by Crippen LogP contribution is 2.17. The molecule has 1 rings (SSSR count). The third-order valence-corrected chi connectivity index (χ3v) is 7.37. The molecule has 14 nitrogen and oxygen atoms in total. The molecule has 0 aliphatic rings. The fraction of sp³-hybridized carbons (Fsp3) is 0.600. The number of nitrogens with two attached hydrogens (primary N) is 2. The van der Waals surface area contributed by atoms with Gasteiger partial charge in [0.15, 0.2) is 0 Å². The summed E-state index contributed by atoms with van der Waals surface area (Å²) in [6, 6.07) is 4.56. The van der Waals surface area contributed by atoms with Gasteiger partial charge in [-0.05, 0) is 38.7 Å². The normalized spacial score (nSPS) is 15.1. The van der Waals surface area contributed by atoms with Gasteiger partial charge in [0, 0.05) is 31.5 Å². The van der Waals surface area contributed by atoms with Crippen molar-refractivity contribution in [3.8, 4) is 0 Å². The number of carboxylic acids is 1. The van der Waals surface area contributed by atoms with Crippen molar-refractivity contribution in [1.29, 1.82) is 0 Å². The van der Waals surface area contributed by atoms with Gasteiger partial charge in [-0.3, -0.25) is 14.4 Å². The fourth-order valence-corrected chi connectivity index (χ4v) is 4.66. The monoisotopic (exact) mass is 621 g/mol. The third-order valence-electron chi connectivity index (χ3n) is 7.37. The Bertz CT molecular complexity index is 1100. The lowest BCUT2D eigenvalue weighted by Gasteiger charge is -2.35. The summed E-state index contributed by atoms with van der Waals surface area (Å²) in [5, 5.41) is 22.4. The minimum atomic E-state index is -1.48. The number of rotatable bonds is 19. The van der Waals surface area contributed by atoms with Crippen LogP contribution in [0.3, 0.4) is 0 Å². The van der Waals surface area contributed by atoms with Gasteiger partial charge in [-0.1, -0.05) is 50.1 Å². The lowest BCUT2D eigenvalue weighted by Crippen LogP contribution is -2.58. The van der Waals surface area contributed by atoms with Crippen LogP contribution in [0.4, 0.5) is 4.79 Å². The molecule has 0 radical (unpaired) electrons. The van der Waals surface area contributed by atoms with E-state index in [0.29, 0.717) is 24.0 Å². The van der Waals surface area contributed by atoms with Crippen LogP contribution in [0.1, 0.15) is 52.0 Å². The first kappa shape index (κ1) is 38.1. The Labute approximate surface area is 258 Å². The average Bonchev–Trinajstić information content (AvgIpc) is 3.01. The Morgan fingerprint density at radius 1 is 0.977 bits per heavy atom. The lowest BCUT2D eigenvalue weighted by molar-refractivity contribution is -0.154. The highest BCUT2D eigenvalue weighted by atomic mass is 16.5. The highest BCUT2D eigenvalue weighted by Gasteiger charge is 2.39. The van der Waals surface area contributed by atoms with Gasteiger partial charge in [-0.15, -0.1) is 0 Å². The number of ether oxygens (including phenoxy) is 1. The van der Waals surface area contributed by atoms with E-state index < -0.39 is 72.4 Å². The fourth-order valence-electron chi connectivity index (χ4n) is 4.66. The molecule has 0 aliphatic carbocycles. The molecule has 14 heteroatoms. The maximum atomic E-state index is 13.6. The van der Waals surface area contributed by atoms with E-state index in [1.165, 1.54) is 26.3 Å². The van der Waals surface area contributed by atoms with E-state index in [1.807, 2.05) is 30.3 Å². The first-order valence-electron chi connectivity index (χ1n) is 14.6. The number of nitrogens with zero attached hydrogens (tertiary/aromatic N) is 2. The minimum absolute atomic E-state index is 0.0159. The Morgan fingerprint density at radius 3 is 2.11 bits per heavy atom. The number of carbonyl (C=O) groups excluding carboxylic acids is 5. The third kappa shape index (κ3) is 11.3. The number of aldehydes is 1. The molecule has 0 aliphatic heterocycles. The summed E-state index contributed by atoms with van der Waals surface area (Å²) in [6.07, 6.45) is 3.12. The van der Waals surface area contributed by atoms with Gasteiger partial charge in [0.05, 0.1) is 19.2 Å². The minimum Gasteiger partial charge on any atom is -0.480 e. The first-order valence-corrected chi connectivity index (χ1v) is 14.6. The number of carboxylic acid groups (broad SMARTS) is 1. The molecule has 0 saturated carbocycles. The maximum Gasteiger partial charge on any atom is 0.417 e. The van der Waals surface area contributed by atoms with Crippen molar-refractivity contribution in [2.24, 2.45) is 23.3 Å². The number of hydrogen-bond donors (Lipinski definition) is 5. The van der Waals surface area contributed by atoms with E-state index in [-0.39, 0.29) is 13.1 Å².